The summed E-state index contributed by atoms with van der Waals surface area (Å²) in [6, 6.07) is 8.64. The molecule has 3 aromatic rings. The second-order valence-corrected chi connectivity index (χ2v) is 6.47. The molecule has 0 saturated carbocycles. The van der Waals surface area contributed by atoms with Gasteiger partial charge in [-0.1, -0.05) is 12.1 Å². The number of hydrogen-bond donors (Lipinski definition) is 0. The lowest BCUT2D eigenvalue weighted by molar-refractivity contribution is -0.138. The molecule has 1 aliphatic rings. The Bertz CT molecular complexity index is 1180. The van der Waals surface area contributed by atoms with Gasteiger partial charge in [0.15, 0.2) is 29.0 Å². The molecule has 158 valence electrons. The monoisotopic (exact) mass is 437 g/mol. The molecule has 10 heteroatoms. The van der Waals surface area contributed by atoms with Gasteiger partial charge in [0, 0.05) is 6.07 Å². The number of carbonyl (C=O) groups excluding carboxylic acids is 2. The van der Waals surface area contributed by atoms with Crippen molar-refractivity contribution in [3.05, 3.63) is 88.7 Å². The summed E-state index contributed by atoms with van der Waals surface area (Å²) < 4.78 is 85.2. The summed E-state index contributed by atoms with van der Waals surface area (Å²) in [5, 5.41) is 0. The molecule has 4 nitrogen and oxygen atoms in total. The average molecular weight is 437 g/mol. The topological polar surface area (TPSA) is 46.6 Å². The van der Waals surface area contributed by atoms with Crippen LogP contribution in [0.3, 0.4) is 0 Å². The van der Waals surface area contributed by atoms with Crippen molar-refractivity contribution >= 4 is 17.5 Å². The van der Waals surface area contributed by atoms with Crippen LogP contribution in [0.5, 0.6) is 11.5 Å². The standard InChI is InChI=1S/C21H9F6NO3/c22-14-6-5-11(28-19(29)12-3-1-2-4-13(12)20(28)30)9-17(14)31-18-15(23)7-10(8-16(18)24)21(25,26)27/h1-9H. The van der Waals surface area contributed by atoms with Gasteiger partial charge in [0.2, 0.25) is 0 Å². The van der Waals surface area contributed by atoms with Gasteiger partial charge in [-0.25, -0.2) is 18.1 Å². The predicted octanol–water partition coefficient (Wildman–Crippen LogP) is 5.72. The van der Waals surface area contributed by atoms with E-state index in [1.807, 2.05) is 0 Å². The van der Waals surface area contributed by atoms with Gasteiger partial charge in [-0.05, 0) is 36.4 Å². The Hall–Kier alpha value is -3.82. The van der Waals surface area contributed by atoms with Gasteiger partial charge in [0.25, 0.3) is 11.8 Å². The Morgan fingerprint density at radius 3 is 1.81 bits per heavy atom. The molecule has 0 unspecified atom stereocenters. The average Bonchev–Trinajstić information content (AvgIpc) is 2.96. The van der Waals surface area contributed by atoms with Crippen molar-refractivity contribution in [2.24, 2.45) is 0 Å². The van der Waals surface area contributed by atoms with E-state index in [4.69, 9.17) is 4.74 Å². The zero-order valence-electron chi connectivity index (χ0n) is 15.1. The number of ether oxygens (including phenoxy) is 1. The fraction of sp³-hybridized carbons (Fsp3) is 0.0476. The molecule has 4 rings (SSSR count). The number of alkyl halides is 3. The van der Waals surface area contributed by atoms with Gasteiger partial charge in [-0.2, -0.15) is 13.2 Å². The van der Waals surface area contributed by atoms with E-state index in [-0.39, 0.29) is 28.9 Å². The second kappa shape index (κ2) is 7.15. The lowest BCUT2D eigenvalue weighted by Crippen LogP contribution is -2.29. The van der Waals surface area contributed by atoms with E-state index < -0.39 is 52.5 Å². The van der Waals surface area contributed by atoms with E-state index in [0.717, 1.165) is 23.1 Å². The summed E-state index contributed by atoms with van der Waals surface area (Å²) >= 11 is 0. The van der Waals surface area contributed by atoms with E-state index in [2.05, 4.69) is 0 Å². The maximum absolute atomic E-state index is 14.2. The van der Waals surface area contributed by atoms with Crippen LogP contribution in [-0.2, 0) is 6.18 Å². The van der Waals surface area contributed by atoms with Crippen LogP contribution in [0.4, 0.5) is 32.0 Å². The summed E-state index contributed by atoms with van der Waals surface area (Å²) in [5.41, 5.74) is -1.52. The maximum Gasteiger partial charge on any atom is 0.416 e. The third kappa shape index (κ3) is 3.49. The minimum Gasteiger partial charge on any atom is -0.448 e. The van der Waals surface area contributed by atoms with Crippen molar-refractivity contribution in [2.45, 2.75) is 6.18 Å². The predicted molar refractivity (Wildman–Crippen MR) is 95.4 cm³/mol. The molecule has 0 aliphatic carbocycles. The Morgan fingerprint density at radius 1 is 0.742 bits per heavy atom. The highest BCUT2D eigenvalue weighted by Gasteiger charge is 2.37. The summed E-state index contributed by atoms with van der Waals surface area (Å²) in [6.07, 6.45) is -5.00. The Labute approximate surface area is 170 Å². The fourth-order valence-corrected chi connectivity index (χ4v) is 3.06. The highest BCUT2D eigenvalue weighted by atomic mass is 19.4. The van der Waals surface area contributed by atoms with Crippen molar-refractivity contribution in [3.8, 4) is 11.5 Å². The number of anilines is 1. The molecule has 1 heterocycles. The summed E-state index contributed by atoms with van der Waals surface area (Å²) in [6.45, 7) is 0. The van der Waals surface area contributed by atoms with Gasteiger partial charge in [-0.3, -0.25) is 9.59 Å². The molecular weight excluding hydrogens is 428 g/mol. The minimum atomic E-state index is -5.00. The van der Waals surface area contributed by atoms with Gasteiger partial charge >= 0.3 is 6.18 Å². The fourth-order valence-electron chi connectivity index (χ4n) is 3.06. The maximum atomic E-state index is 14.2. The van der Waals surface area contributed by atoms with Crippen LogP contribution in [0.25, 0.3) is 0 Å². The van der Waals surface area contributed by atoms with Crippen molar-refractivity contribution < 1.29 is 40.7 Å². The summed E-state index contributed by atoms with van der Waals surface area (Å²) in [5.74, 6) is -8.03. The zero-order valence-corrected chi connectivity index (χ0v) is 15.1. The van der Waals surface area contributed by atoms with Crippen molar-refractivity contribution in [2.75, 3.05) is 4.90 Å². The molecule has 0 fully saturated rings. The smallest absolute Gasteiger partial charge is 0.416 e. The third-order valence-corrected chi connectivity index (χ3v) is 4.50. The molecule has 0 N–H and O–H groups in total. The highest BCUT2D eigenvalue weighted by Crippen LogP contribution is 2.38. The van der Waals surface area contributed by atoms with Crippen molar-refractivity contribution in [3.63, 3.8) is 0 Å². The Morgan fingerprint density at radius 2 is 1.29 bits per heavy atom. The first-order valence-corrected chi connectivity index (χ1v) is 8.59. The van der Waals surface area contributed by atoms with Gasteiger partial charge in [0.05, 0.1) is 22.4 Å². The normalized spacial score (nSPS) is 13.5. The number of halogens is 6. The number of amides is 2. The zero-order chi connectivity index (χ0) is 22.5. The number of imide groups is 1. The highest BCUT2D eigenvalue weighted by molar-refractivity contribution is 6.34. The third-order valence-electron chi connectivity index (χ3n) is 4.50. The number of benzene rings is 3. The Balaban J connectivity index is 1.71. The number of nitrogens with zero attached hydrogens (tertiary/aromatic N) is 1. The van der Waals surface area contributed by atoms with E-state index in [1.54, 1.807) is 12.1 Å². The molecular formula is C21H9F6NO3. The van der Waals surface area contributed by atoms with Gasteiger partial charge in [0.1, 0.15) is 0 Å². The SMILES string of the molecule is O=C1c2ccccc2C(=O)N1c1ccc(F)c(Oc2c(F)cc(C(F)(F)F)cc2F)c1. The second-order valence-electron chi connectivity index (χ2n) is 6.47. The van der Waals surface area contributed by atoms with E-state index in [9.17, 15) is 35.9 Å². The van der Waals surface area contributed by atoms with Crippen LogP contribution in [0.2, 0.25) is 0 Å². The number of carbonyl (C=O) groups is 2. The molecule has 31 heavy (non-hydrogen) atoms. The molecule has 0 atom stereocenters. The first-order chi connectivity index (χ1) is 14.6. The van der Waals surface area contributed by atoms with Crippen LogP contribution in [0.1, 0.15) is 26.3 Å². The number of hydrogen-bond acceptors (Lipinski definition) is 3. The molecule has 0 spiro atoms. The molecule has 3 aromatic carbocycles. The molecule has 0 radical (unpaired) electrons. The molecule has 0 aromatic heterocycles. The van der Waals surface area contributed by atoms with E-state index >= 15 is 0 Å². The molecule has 0 bridgehead atoms. The van der Waals surface area contributed by atoms with E-state index in [0.29, 0.717) is 0 Å². The molecule has 0 saturated heterocycles. The summed E-state index contributed by atoms with van der Waals surface area (Å²) in [7, 11) is 0. The number of rotatable bonds is 3. The van der Waals surface area contributed by atoms with Crippen LogP contribution in [0, 0.1) is 17.5 Å². The number of fused-ring (bicyclic) bond motifs is 1. The molecule has 1 aliphatic heterocycles. The first kappa shape index (κ1) is 20.5. The van der Waals surface area contributed by atoms with Gasteiger partial charge in [-0.15, -0.1) is 0 Å². The van der Waals surface area contributed by atoms with Crippen LogP contribution in [0.15, 0.2) is 54.6 Å². The lowest BCUT2D eigenvalue weighted by atomic mass is 10.1. The van der Waals surface area contributed by atoms with Crippen LogP contribution in [-0.4, -0.2) is 11.8 Å². The molecule has 2 amide bonds. The first-order valence-electron chi connectivity index (χ1n) is 8.59. The van der Waals surface area contributed by atoms with Crippen molar-refractivity contribution in [1.29, 1.82) is 0 Å². The largest absolute Gasteiger partial charge is 0.448 e. The quantitative estimate of drug-likeness (QED) is 0.389. The van der Waals surface area contributed by atoms with Crippen LogP contribution < -0.4 is 9.64 Å². The Kier molecular flexibility index (Phi) is 4.72. The van der Waals surface area contributed by atoms with Gasteiger partial charge < -0.3 is 4.74 Å². The van der Waals surface area contributed by atoms with Crippen molar-refractivity contribution in [1.82, 2.24) is 0 Å². The van der Waals surface area contributed by atoms with E-state index in [1.165, 1.54) is 12.1 Å². The summed E-state index contributed by atoms with van der Waals surface area (Å²) in [4.78, 5) is 25.8. The minimum absolute atomic E-state index is 0.00430. The van der Waals surface area contributed by atoms with Crippen LogP contribution >= 0.6 is 0 Å². The lowest BCUT2D eigenvalue weighted by Gasteiger charge is -2.16.